The van der Waals surface area contributed by atoms with Crippen LogP contribution in [0.2, 0.25) is 0 Å². The minimum atomic E-state index is -3.57. The number of amides is 1. The first-order valence-electron chi connectivity index (χ1n) is 11.1. The van der Waals surface area contributed by atoms with Gasteiger partial charge in [0.2, 0.25) is 15.9 Å². The van der Waals surface area contributed by atoms with Crippen LogP contribution in [0.3, 0.4) is 0 Å². The Morgan fingerprint density at radius 3 is 2.31 bits per heavy atom. The second-order valence-electron chi connectivity index (χ2n) is 8.49. The van der Waals surface area contributed by atoms with Crippen LogP contribution in [0.1, 0.15) is 12.5 Å². The predicted molar refractivity (Wildman–Crippen MR) is 126 cm³/mol. The summed E-state index contributed by atoms with van der Waals surface area (Å²) in [5, 5.41) is 1.93. The van der Waals surface area contributed by atoms with Gasteiger partial charge < -0.3 is 4.90 Å². The zero-order valence-corrected chi connectivity index (χ0v) is 19.0. The predicted octanol–water partition coefficient (Wildman–Crippen LogP) is 3.12. The van der Waals surface area contributed by atoms with E-state index in [2.05, 4.69) is 11.0 Å². The highest BCUT2D eigenvalue weighted by atomic mass is 32.2. The van der Waals surface area contributed by atoms with Crippen LogP contribution in [0.25, 0.3) is 10.8 Å². The monoisotopic (exact) mass is 449 g/mol. The number of carbonyl (C=O) groups is 1. The van der Waals surface area contributed by atoms with E-state index < -0.39 is 10.0 Å². The van der Waals surface area contributed by atoms with Gasteiger partial charge in [0.15, 0.2) is 0 Å². The number of rotatable bonds is 4. The molecule has 3 aromatic carbocycles. The van der Waals surface area contributed by atoms with E-state index >= 15 is 0 Å². The first-order chi connectivity index (χ1) is 15.4. The fraction of sp³-hybridized carbons (Fsp3) is 0.320. The summed E-state index contributed by atoms with van der Waals surface area (Å²) in [4.78, 5) is 17.5. The molecule has 1 saturated heterocycles. The Hall–Kier alpha value is -2.74. The lowest BCUT2D eigenvalue weighted by Gasteiger charge is -2.38. The molecule has 0 radical (unpaired) electrons. The fourth-order valence-corrected chi connectivity index (χ4v) is 6.22. The van der Waals surface area contributed by atoms with E-state index in [9.17, 15) is 13.2 Å². The molecule has 0 bridgehead atoms. The molecule has 1 unspecified atom stereocenters. The molecular formula is C25H27N3O3S. The van der Waals surface area contributed by atoms with Crippen molar-refractivity contribution in [1.82, 2.24) is 9.21 Å². The van der Waals surface area contributed by atoms with E-state index in [0.717, 1.165) is 22.9 Å². The van der Waals surface area contributed by atoms with Gasteiger partial charge in [0, 0.05) is 38.4 Å². The van der Waals surface area contributed by atoms with Crippen LogP contribution in [0.5, 0.6) is 0 Å². The Balaban J connectivity index is 1.26. The van der Waals surface area contributed by atoms with Crippen LogP contribution in [0, 0.1) is 0 Å². The van der Waals surface area contributed by atoms with Crippen molar-refractivity contribution in [1.29, 1.82) is 0 Å². The summed E-state index contributed by atoms with van der Waals surface area (Å²) in [6.07, 6.45) is 0.881. The van der Waals surface area contributed by atoms with Crippen molar-refractivity contribution >= 4 is 32.4 Å². The van der Waals surface area contributed by atoms with Crippen LogP contribution < -0.4 is 4.90 Å². The number of para-hydroxylation sites is 1. The molecule has 7 heteroatoms. The normalized spacial score (nSPS) is 18.6. The lowest BCUT2D eigenvalue weighted by molar-refractivity contribution is -0.123. The van der Waals surface area contributed by atoms with Crippen molar-refractivity contribution in [2.45, 2.75) is 24.3 Å². The van der Waals surface area contributed by atoms with E-state index in [1.54, 1.807) is 12.1 Å². The Bertz CT molecular complexity index is 1270. The molecule has 2 heterocycles. The van der Waals surface area contributed by atoms with E-state index in [1.165, 1.54) is 9.87 Å². The van der Waals surface area contributed by atoms with Crippen LogP contribution >= 0.6 is 0 Å². The third-order valence-electron chi connectivity index (χ3n) is 6.69. The first kappa shape index (κ1) is 21.1. The topological polar surface area (TPSA) is 60.9 Å². The summed E-state index contributed by atoms with van der Waals surface area (Å²) in [6.45, 7) is 4.47. The van der Waals surface area contributed by atoms with Gasteiger partial charge in [-0.3, -0.25) is 9.69 Å². The number of nitrogens with zero attached hydrogens (tertiary/aromatic N) is 3. The molecule has 1 fully saturated rings. The minimum absolute atomic E-state index is 0.0841. The molecule has 6 nitrogen and oxygen atoms in total. The number of benzene rings is 3. The van der Waals surface area contributed by atoms with Crippen LogP contribution in [0.15, 0.2) is 71.6 Å². The Labute approximate surface area is 189 Å². The van der Waals surface area contributed by atoms with Gasteiger partial charge in [0.05, 0.1) is 10.9 Å². The fourth-order valence-electron chi connectivity index (χ4n) is 4.76. The van der Waals surface area contributed by atoms with E-state index in [4.69, 9.17) is 0 Å². The number of fused-ring (bicyclic) bond motifs is 2. The van der Waals surface area contributed by atoms with Crippen molar-refractivity contribution < 1.29 is 13.2 Å². The largest absolute Gasteiger partial charge is 0.310 e. The minimum Gasteiger partial charge on any atom is -0.310 e. The van der Waals surface area contributed by atoms with Gasteiger partial charge in [-0.25, -0.2) is 8.42 Å². The van der Waals surface area contributed by atoms with Crippen molar-refractivity contribution in [3.63, 3.8) is 0 Å². The molecule has 2 aliphatic rings. The SMILES string of the molecule is CC(C(=O)N1CCc2ccccc21)N1CCN(S(=O)(=O)c2ccc3ccccc3c2)CC1. The molecule has 2 aliphatic heterocycles. The van der Waals surface area contributed by atoms with Crippen LogP contribution in [0.4, 0.5) is 5.69 Å². The van der Waals surface area contributed by atoms with Gasteiger partial charge in [-0.2, -0.15) is 4.31 Å². The average Bonchev–Trinajstić information content (AvgIpc) is 3.27. The molecular weight excluding hydrogens is 422 g/mol. The van der Waals surface area contributed by atoms with Gasteiger partial charge in [-0.05, 0) is 47.9 Å². The maximum absolute atomic E-state index is 13.2. The molecule has 0 aliphatic carbocycles. The van der Waals surface area contributed by atoms with Crippen molar-refractivity contribution in [3.8, 4) is 0 Å². The van der Waals surface area contributed by atoms with Crippen LogP contribution in [-0.2, 0) is 21.2 Å². The molecule has 0 spiro atoms. The molecule has 166 valence electrons. The molecule has 5 rings (SSSR count). The number of piperazine rings is 1. The maximum atomic E-state index is 13.2. The second-order valence-corrected chi connectivity index (χ2v) is 10.4. The molecule has 1 amide bonds. The number of hydrogen-bond donors (Lipinski definition) is 0. The zero-order valence-electron chi connectivity index (χ0n) is 18.1. The van der Waals surface area contributed by atoms with Gasteiger partial charge in [0.25, 0.3) is 0 Å². The highest BCUT2D eigenvalue weighted by molar-refractivity contribution is 7.89. The lowest BCUT2D eigenvalue weighted by atomic mass is 10.1. The van der Waals surface area contributed by atoms with Gasteiger partial charge >= 0.3 is 0 Å². The molecule has 0 saturated carbocycles. The van der Waals surface area contributed by atoms with E-state index in [-0.39, 0.29) is 11.9 Å². The van der Waals surface area contributed by atoms with Gasteiger partial charge in [-0.15, -0.1) is 0 Å². The molecule has 1 atom stereocenters. The van der Waals surface area contributed by atoms with Crippen molar-refractivity contribution in [2.24, 2.45) is 0 Å². The van der Waals surface area contributed by atoms with Gasteiger partial charge in [-0.1, -0.05) is 48.5 Å². The third-order valence-corrected chi connectivity index (χ3v) is 8.58. The van der Waals surface area contributed by atoms with E-state index in [0.29, 0.717) is 37.6 Å². The summed E-state index contributed by atoms with van der Waals surface area (Å²) >= 11 is 0. The Morgan fingerprint density at radius 1 is 0.844 bits per heavy atom. The second kappa shape index (κ2) is 8.31. The van der Waals surface area contributed by atoms with Crippen molar-refractivity contribution in [2.75, 3.05) is 37.6 Å². The Morgan fingerprint density at radius 2 is 1.53 bits per heavy atom. The highest BCUT2D eigenvalue weighted by Gasteiger charge is 2.35. The summed E-state index contributed by atoms with van der Waals surface area (Å²) in [7, 11) is -3.57. The van der Waals surface area contributed by atoms with Crippen LogP contribution in [-0.4, -0.2) is 62.3 Å². The number of sulfonamides is 1. The highest BCUT2D eigenvalue weighted by Crippen LogP contribution is 2.29. The number of anilines is 1. The molecule has 0 aromatic heterocycles. The Kier molecular flexibility index (Phi) is 5.49. The average molecular weight is 450 g/mol. The molecule has 3 aromatic rings. The standard InChI is InChI=1S/C25H27N3O3S/c1-19(25(29)28-13-12-21-7-4-5-9-24(21)28)26-14-16-27(17-15-26)32(30,31)23-11-10-20-6-2-3-8-22(20)18-23/h2-11,18-19H,12-17H2,1H3. The zero-order chi connectivity index (χ0) is 22.3. The van der Waals surface area contributed by atoms with Gasteiger partial charge in [0.1, 0.15) is 0 Å². The lowest BCUT2D eigenvalue weighted by Crippen LogP contribution is -2.55. The van der Waals surface area contributed by atoms with E-state index in [1.807, 2.05) is 60.4 Å². The smallest absolute Gasteiger partial charge is 0.244 e. The van der Waals surface area contributed by atoms with Crippen molar-refractivity contribution in [3.05, 3.63) is 72.3 Å². The third kappa shape index (κ3) is 3.70. The number of carbonyl (C=O) groups excluding carboxylic acids is 1. The quantitative estimate of drug-likeness (QED) is 0.614. The molecule has 0 N–H and O–H groups in total. The number of hydrogen-bond acceptors (Lipinski definition) is 4. The molecule has 32 heavy (non-hydrogen) atoms. The first-order valence-corrected chi connectivity index (χ1v) is 12.5. The summed E-state index contributed by atoms with van der Waals surface area (Å²) < 4.78 is 28.0. The summed E-state index contributed by atoms with van der Waals surface area (Å²) in [5.74, 6) is 0.0841. The maximum Gasteiger partial charge on any atom is 0.244 e. The summed E-state index contributed by atoms with van der Waals surface area (Å²) in [5.41, 5.74) is 2.21. The summed E-state index contributed by atoms with van der Waals surface area (Å²) in [6, 6.07) is 20.8.